The highest BCUT2D eigenvalue weighted by Gasteiger charge is 2.38. The third-order valence-electron chi connectivity index (χ3n) is 3.24. The molecular weight excluding hydrogens is 264 g/mol. The van der Waals surface area contributed by atoms with Crippen LogP contribution in [-0.2, 0) is 9.53 Å². The molecule has 1 fully saturated rings. The topological polar surface area (TPSA) is 89.8 Å². The van der Waals surface area contributed by atoms with Crippen LogP contribution >= 0.6 is 0 Å². The molecule has 2 rings (SSSR count). The molecule has 1 aliphatic heterocycles. The van der Waals surface area contributed by atoms with E-state index < -0.39 is 22.8 Å². The third kappa shape index (κ3) is 2.61. The summed E-state index contributed by atoms with van der Waals surface area (Å²) < 4.78 is 4.61. The molecule has 1 saturated heterocycles. The quantitative estimate of drug-likeness (QED) is 0.471. The Balaban J connectivity index is 2.29. The van der Waals surface area contributed by atoms with E-state index in [4.69, 9.17) is 0 Å². The average Bonchev–Trinajstić information content (AvgIpc) is 2.46. The van der Waals surface area contributed by atoms with Crippen LogP contribution in [0, 0.1) is 10.1 Å². The number of piperidine rings is 1. The molecule has 7 nitrogen and oxygen atoms in total. The van der Waals surface area contributed by atoms with Crippen LogP contribution in [0.4, 0.5) is 5.69 Å². The van der Waals surface area contributed by atoms with Gasteiger partial charge in [0.2, 0.25) is 0 Å². The number of ether oxygens (including phenoxy) is 1. The molecule has 1 atom stereocenters. The van der Waals surface area contributed by atoms with E-state index in [1.807, 2.05) is 0 Å². The van der Waals surface area contributed by atoms with Crippen molar-refractivity contribution in [2.45, 2.75) is 18.9 Å². The number of hydrogen-bond donors (Lipinski definition) is 0. The Hall–Kier alpha value is -2.44. The zero-order valence-corrected chi connectivity index (χ0v) is 10.9. The van der Waals surface area contributed by atoms with E-state index in [2.05, 4.69) is 4.74 Å². The molecule has 1 aromatic rings. The zero-order valence-electron chi connectivity index (χ0n) is 10.9. The highest BCUT2D eigenvalue weighted by atomic mass is 16.6. The first-order chi connectivity index (χ1) is 9.54. The Morgan fingerprint density at radius 3 is 2.90 bits per heavy atom. The fourth-order valence-electron chi connectivity index (χ4n) is 2.23. The second-order valence-electron chi connectivity index (χ2n) is 4.48. The van der Waals surface area contributed by atoms with Crippen molar-refractivity contribution in [1.82, 2.24) is 0 Å². The molecule has 0 spiro atoms. The average molecular weight is 278 g/mol. The van der Waals surface area contributed by atoms with Gasteiger partial charge >= 0.3 is 11.9 Å². The van der Waals surface area contributed by atoms with Crippen LogP contribution in [0.5, 0.6) is 0 Å². The van der Waals surface area contributed by atoms with Crippen molar-refractivity contribution in [2.24, 2.45) is 0 Å². The van der Waals surface area contributed by atoms with E-state index in [0.29, 0.717) is 24.2 Å². The summed E-state index contributed by atoms with van der Waals surface area (Å²) in [6.07, 6.45) is 0.804. The van der Waals surface area contributed by atoms with Gasteiger partial charge in [-0.15, -0.1) is 0 Å². The zero-order chi connectivity index (χ0) is 14.7. The van der Waals surface area contributed by atoms with Gasteiger partial charge in [-0.2, -0.15) is 0 Å². The van der Waals surface area contributed by atoms with Crippen LogP contribution < -0.4 is 4.90 Å². The van der Waals surface area contributed by atoms with Crippen LogP contribution in [0.2, 0.25) is 0 Å². The summed E-state index contributed by atoms with van der Waals surface area (Å²) in [7, 11) is 1.27. The summed E-state index contributed by atoms with van der Waals surface area (Å²) in [6, 6.07) is 5.13. The van der Waals surface area contributed by atoms with E-state index in [1.165, 1.54) is 18.1 Å². The minimum Gasteiger partial charge on any atom is -0.465 e. The van der Waals surface area contributed by atoms with Crippen LogP contribution in [-0.4, -0.2) is 36.5 Å². The van der Waals surface area contributed by atoms with Gasteiger partial charge in [0, 0.05) is 23.6 Å². The van der Waals surface area contributed by atoms with E-state index in [0.717, 1.165) is 0 Å². The predicted octanol–water partition coefficient (Wildman–Crippen LogP) is 1.25. The second kappa shape index (κ2) is 5.68. The molecule has 1 unspecified atom stereocenters. The van der Waals surface area contributed by atoms with Gasteiger partial charge in [0.1, 0.15) is 0 Å². The van der Waals surface area contributed by atoms with E-state index in [-0.39, 0.29) is 6.42 Å². The molecule has 1 aliphatic rings. The maximum atomic E-state index is 12.1. The number of nitrogens with zero attached hydrogens (tertiary/aromatic N) is 2. The van der Waals surface area contributed by atoms with Crippen LogP contribution in [0.25, 0.3) is 0 Å². The number of carbonyl (C=O) groups is 2. The first-order valence-electron chi connectivity index (χ1n) is 6.18. The Bertz CT molecular complexity index is 557. The van der Waals surface area contributed by atoms with E-state index in [1.54, 1.807) is 18.2 Å². The summed E-state index contributed by atoms with van der Waals surface area (Å²) >= 11 is 0. The first kappa shape index (κ1) is 14.0. The Morgan fingerprint density at radius 1 is 1.50 bits per heavy atom. The summed E-state index contributed by atoms with van der Waals surface area (Å²) in [5, 5.41) is 10.8. The third-order valence-corrected chi connectivity index (χ3v) is 3.24. The smallest absolute Gasteiger partial charge is 0.337 e. The molecule has 1 aromatic carbocycles. The summed E-state index contributed by atoms with van der Waals surface area (Å²) in [4.78, 5) is 35.2. The number of esters is 1. The van der Waals surface area contributed by atoms with Crippen molar-refractivity contribution in [3.05, 3.63) is 39.9 Å². The maximum absolute atomic E-state index is 12.1. The largest absolute Gasteiger partial charge is 0.465 e. The van der Waals surface area contributed by atoms with Gasteiger partial charge in [0.05, 0.1) is 12.7 Å². The number of rotatable bonds is 3. The number of anilines is 1. The second-order valence-corrected chi connectivity index (χ2v) is 4.48. The van der Waals surface area contributed by atoms with Gasteiger partial charge in [-0.25, -0.2) is 4.79 Å². The van der Waals surface area contributed by atoms with Gasteiger partial charge in [-0.1, -0.05) is 6.07 Å². The number of nitro groups is 1. The lowest BCUT2D eigenvalue weighted by atomic mass is 10.0. The molecular formula is C13H14N2O5. The number of methoxy groups -OCH3 is 1. The number of amides is 1. The van der Waals surface area contributed by atoms with Gasteiger partial charge in [-0.05, 0) is 24.6 Å². The van der Waals surface area contributed by atoms with E-state index in [9.17, 15) is 19.7 Å². The van der Waals surface area contributed by atoms with Crippen LogP contribution in [0.3, 0.4) is 0 Å². The molecule has 0 aromatic heterocycles. The van der Waals surface area contributed by atoms with Crippen LogP contribution in [0.15, 0.2) is 24.3 Å². The molecule has 0 N–H and O–H groups in total. The van der Waals surface area contributed by atoms with Gasteiger partial charge in [-0.3, -0.25) is 14.9 Å². The summed E-state index contributed by atoms with van der Waals surface area (Å²) in [6.45, 7) is 0.411. The number of hydrogen-bond acceptors (Lipinski definition) is 5. The first-order valence-corrected chi connectivity index (χ1v) is 6.18. The van der Waals surface area contributed by atoms with Crippen molar-refractivity contribution in [3.63, 3.8) is 0 Å². The van der Waals surface area contributed by atoms with Crippen molar-refractivity contribution in [2.75, 3.05) is 18.6 Å². The molecule has 20 heavy (non-hydrogen) atoms. The minimum atomic E-state index is -1.20. The Kier molecular flexibility index (Phi) is 3.97. The number of carbonyl (C=O) groups excluding carboxylic acids is 2. The SMILES string of the molecule is COC(=O)c1cccc(N2CCCC([N+](=O)[O-])C2=O)c1. The normalized spacial score (nSPS) is 18.8. The molecule has 0 radical (unpaired) electrons. The molecule has 1 heterocycles. The van der Waals surface area contributed by atoms with Crippen molar-refractivity contribution < 1.29 is 19.2 Å². The monoisotopic (exact) mass is 278 g/mol. The highest BCUT2D eigenvalue weighted by molar-refractivity contribution is 5.98. The summed E-state index contributed by atoms with van der Waals surface area (Å²) in [5.74, 6) is -1.05. The van der Waals surface area contributed by atoms with Crippen molar-refractivity contribution in [3.8, 4) is 0 Å². The van der Waals surface area contributed by atoms with Crippen LogP contribution in [0.1, 0.15) is 23.2 Å². The van der Waals surface area contributed by atoms with E-state index >= 15 is 0 Å². The fourth-order valence-corrected chi connectivity index (χ4v) is 2.23. The Morgan fingerprint density at radius 2 is 2.25 bits per heavy atom. The molecule has 0 saturated carbocycles. The standard InChI is InChI=1S/C13H14N2O5/c1-20-13(17)9-4-2-5-10(8-9)14-7-3-6-11(12(14)16)15(18)19/h2,4-5,8,11H,3,6-7H2,1H3. The van der Waals surface area contributed by atoms with Gasteiger partial charge < -0.3 is 9.64 Å². The lowest BCUT2D eigenvalue weighted by Gasteiger charge is -2.28. The predicted molar refractivity (Wildman–Crippen MR) is 70.2 cm³/mol. The highest BCUT2D eigenvalue weighted by Crippen LogP contribution is 2.23. The Labute approximate surface area is 115 Å². The lowest BCUT2D eigenvalue weighted by Crippen LogP contribution is -2.47. The number of benzene rings is 1. The molecule has 0 aliphatic carbocycles. The molecule has 0 bridgehead atoms. The minimum absolute atomic E-state index is 0.249. The lowest BCUT2D eigenvalue weighted by molar-refractivity contribution is -0.509. The van der Waals surface area contributed by atoms with Gasteiger partial charge in [0.15, 0.2) is 0 Å². The molecule has 106 valence electrons. The summed E-state index contributed by atoms with van der Waals surface area (Å²) in [5.41, 5.74) is 0.783. The van der Waals surface area contributed by atoms with Gasteiger partial charge in [0.25, 0.3) is 6.04 Å². The maximum Gasteiger partial charge on any atom is 0.337 e. The molecule has 1 amide bonds. The van der Waals surface area contributed by atoms with Crippen molar-refractivity contribution in [1.29, 1.82) is 0 Å². The molecule has 7 heteroatoms. The fraction of sp³-hybridized carbons (Fsp3) is 0.385. The van der Waals surface area contributed by atoms with Crippen molar-refractivity contribution >= 4 is 17.6 Å².